The van der Waals surface area contributed by atoms with E-state index in [0.717, 1.165) is 5.56 Å². The van der Waals surface area contributed by atoms with Crippen LogP contribution in [0.5, 0.6) is 5.75 Å². The third kappa shape index (κ3) is 3.28. The van der Waals surface area contributed by atoms with Gasteiger partial charge in [0, 0.05) is 6.42 Å². The second-order valence-corrected chi connectivity index (χ2v) is 3.26. The maximum absolute atomic E-state index is 11.1. The van der Waals surface area contributed by atoms with Crippen molar-refractivity contribution in [1.82, 2.24) is 0 Å². The van der Waals surface area contributed by atoms with Crippen LogP contribution in [-0.4, -0.2) is 17.7 Å². The minimum atomic E-state index is -0.278. The summed E-state index contributed by atoms with van der Waals surface area (Å²) in [7, 11) is 0. The van der Waals surface area contributed by atoms with Gasteiger partial charge in [-0.1, -0.05) is 6.07 Å². The molecule has 4 nitrogen and oxygen atoms in total. The maximum Gasteiger partial charge on any atom is 0.306 e. The van der Waals surface area contributed by atoms with E-state index in [2.05, 4.69) is 0 Å². The van der Waals surface area contributed by atoms with Gasteiger partial charge in [0.15, 0.2) is 0 Å². The van der Waals surface area contributed by atoms with Crippen molar-refractivity contribution in [2.75, 3.05) is 6.61 Å². The molecule has 0 fully saturated rings. The van der Waals surface area contributed by atoms with Gasteiger partial charge >= 0.3 is 5.97 Å². The van der Waals surface area contributed by atoms with E-state index < -0.39 is 0 Å². The lowest BCUT2D eigenvalue weighted by atomic mass is 10.0. The molecule has 84 valence electrons. The van der Waals surface area contributed by atoms with Gasteiger partial charge in [0.05, 0.1) is 18.2 Å². The highest BCUT2D eigenvalue weighted by molar-refractivity contribution is 5.69. The highest BCUT2D eigenvalue weighted by atomic mass is 16.5. The van der Waals surface area contributed by atoms with Gasteiger partial charge < -0.3 is 9.84 Å². The van der Waals surface area contributed by atoms with E-state index in [1.54, 1.807) is 13.0 Å². The zero-order valence-electron chi connectivity index (χ0n) is 9.06. The molecule has 0 heterocycles. The van der Waals surface area contributed by atoms with Crippen LogP contribution in [0.25, 0.3) is 0 Å². The zero-order chi connectivity index (χ0) is 12.0. The molecule has 0 aliphatic carbocycles. The first-order valence-corrected chi connectivity index (χ1v) is 5.05. The standard InChI is InChI=1S/C12H13NO3/c1-2-16-12(15)6-4-9-3-5-11(14)7-10(9)8-13/h3,5,7,14H,2,4,6H2,1H3. The molecule has 1 rings (SSSR count). The molecule has 0 radical (unpaired) electrons. The van der Waals surface area contributed by atoms with Crippen LogP contribution in [0.3, 0.4) is 0 Å². The van der Waals surface area contributed by atoms with Crippen molar-refractivity contribution in [1.29, 1.82) is 5.26 Å². The van der Waals surface area contributed by atoms with Crippen molar-refractivity contribution in [3.63, 3.8) is 0 Å². The summed E-state index contributed by atoms with van der Waals surface area (Å²) in [5.41, 5.74) is 1.14. The molecule has 0 aliphatic heterocycles. The normalized spacial score (nSPS) is 9.50. The highest BCUT2D eigenvalue weighted by Crippen LogP contribution is 2.17. The van der Waals surface area contributed by atoms with Crippen LogP contribution >= 0.6 is 0 Å². The first kappa shape index (κ1) is 12.1. The topological polar surface area (TPSA) is 70.3 Å². The molecule has 4 heteroatoms. The largest absolute Gasteiger partial charge is 0.508 e. The lowest BCUT2D eigenvalue weighted by molar-refractivity contribution is -0.143. The number of aromatic hydroxyl groups is 1. The molecule has 0 aliphatic rings. The number of carbonyl (C=O) groups is 1. The Bertz CT molecular complexity index is 421. The Morgan fingerprint density at radius 1 is 1.56 bits per heavy atom. The van der Waals surface area contributed by atoms with E-state index in [9.17, 15) is 9.90 Å². The molecular weight excluding hydrogens is 206 g/mol. The molecule has 0 saturated carbocycles. The number of phenolic OH excluding ortho intramolecular Hbond substituents is 1. The zero-order valence-corrected chi connectivity index (χ0v) is 9.06. The van der Waals surface area contributed by atoms with Crippen LogP contribution in [0.2, 0.25) is 0 Å². The van der Waals surface area contributed by atoms with Gasteiger partial charge in [-0.15, -0.1) is 0 Å². The van der Waals surface area contributed by atoms with Crippen LogP contribution in [0.15, 0.2) is 18.2 Å². The first-order chi connectivity index (χ1) is 7.67. The molecule has 1 aromatic rings. The second kappa shape index (κ2) is 5.76. The highest BCUT2D eigenvalue weighted by Gasteiger charge is 2.07. The molecule has 1 N–H and O–H groups in total. The Labute approximate surface area is 94.1 Å². The summed E-state index contributed by atoms with van der Waals surface area (Å²) in [6.45, 7) is 2.11. The second-order valence-electron chi connectivity index (χ2n) is 3.26. The average molecular weight is 219 g/mol. The summed E-state index contributed by atoms with van der Waals surface area (Å²) in [4.78, 5) is 11.1. The maximum atomic E-state index is 11.1. The summed E-state index contributed by atoms with van der Waals surface area (Å²) in [6.07, 6.45) is 0.690. The third-order valence-electron chi connectivity index (χ3n) is 2.12. The van der Waals surface area contributed by atoms with Crippen molar-refractivity contribution >= 4 is 5.97 Å². The van der Waals surface area contributed by atoms with Crippen LogP contribution < -0.4 is 0 Å². The van der Waals surface area contributed by atoms with Crippen LogP contribution in [0.4, 0.5) is 0 Å². The Hall–Kier alpha value is -2.02. The van der Waals surface area contributed by atoms with Gasteiger partial charge in [-0.3, -0.25) is 4.79 Å². The number of aryl methyl sites for hydroxylation is 1. The molecule has 0 aromatic heterocycles. The van der Waals surface area contributed by atoms with Crippen molar-refractivity contribution < 1.29 is 14.6 Å². The van der Waals surface area contributed by atoms with Gasteiger partial charge in [0.1, 0.15) is 5.75 Å². The number of hydrogen-bond donors (Lipinski definition) is 1. The van der Waals surface area contributed by atoms with Crippen LogP contribution in [0.1, 0.15) is 24.5 Å². The molecule has 16 heavy (non-hydrogen) atoms. The Kier molecular flexibility index (Phi) is 4.34. The fourth-order valence-electron chi connectivity index (χ4n) is 1.36. The molecule has 0 amide bonds. The van der Waals surface area contributed by atoms with Crippen molar-refractivity contribution in [3.05, 3.63) is 29.3 Å². The van der Waals surface area contributed by atoms with E-state index in [4.69, 9.17) is 10.00 Å². The molecule has 0 saturated heterocycles. The fraction of sp³-hybridized carbons (Fsp3) is 0.333. The summed E-state index contributed by atoms with van der Waals surface area (Å²) in [5.74, 6) is -0.226. The molecular formula is C12H13NO3. The summed E-state index contributed by atoms with van der Waals surface area (Å²) in [5, 5.41) is 18.0. The number of nitriles is 1. The van der Waals surface area contributed by atoms with Crippen LogP contribution in [0, 0.1) is 11.3 Å². The monoisotopic (exact) mass is 219 g/mol. The Morgan fingerprint density at radius 3 is 2.94 bits per heavy atom. The van der Waals surface area contributed by atoms with Crippen molar-refractivity contribution in [2.24, 2.45) is 0 Å². The molecule has 0 spiro atoms. The lowest BCUT2D eigenvalue weighted by Crippen LogP contribution is -2.05. The average Bonchev–Trinajstić information content (AvgIpc) is 2.27. The van der Waals surface area contributed by atoms with E-state index in [1.807, 2.05) is 6.07 Å². The molecule has 1 aromatic carbocycles. The lowest BCUT2D eigenvalue weighted by Gasteiger charge is -2.04. The smallest absolute Gasteiger partial charge is 0.306 e. The number of hydrogen-bond acceptors (Lipinski definition) is 4. The minimum Gasteiger partial charge on any atom is -0.508 e. The van der Waals surface area contributed by atoms with Gasteiger partial charge in [-0.25, -0.2) is 0 Å². The van der Waals surface area contributed by atoms with E-state index in [0.29, 0.717) is 18.6 Å². The molecule has 0 atom stereocenters. The number of esters is 1. The quantitative estimate of drug-likeness (QED) is 0.783. The predicted molar refractivity (Wildman–Crippen MR) is 57.8 cm³/mol. The Balaban J connectivity index is 2.67. The van der Waals surface area contributed by atoms with Crippen molar-refractivity contribution in [2.45, 2.75) is 19.8 Å². The summed E-state index contributed by atoms with van der Waals surface area (Å²) >= 11 is 0. The number of carbonyl (C=O) groups excluding carboxylic acids is 1. The van der Waals surface area contributed by atoms with Gasteiger partial charge in [0.25, 0.3) is 0 Å². The Morgan fingerprint density at radius 2 is 2.31 bits per heavy atom. The summed E-state index contributed by atoms with van der Waals surface area (Å²) < 4.78 is 4.79. The fourth-order valence-corrected chi connectivity index (χ4v) is 1.36. The summed E-state index contributed by atoms with van der Waals surface area (Å²) in [6, 6.07) is 6.52. The molecule has 0 bridgehead atoms. The third-order valence-corrected chi connectivity index (χ3v) is 2.12. The predicted octanol–water partition coefficient (Wildman–Crippen LogP) is 1.76. The van der Waals surface area contributed by atoms with Crippen molar-refractivity contribution in [3.8, 4) is 11.8 Å². The number of nitrogens with zero attached hydrogens (tertiary/aromatic N) is 1. The van der Waals surface area contributed by atoms with Gasteiger partial charge in [0.2, 0.25) is 0 Å². The van der Waals surface area contributed by atoms with E-state index in [-0.39, 0.29) is 18.1 Å². The van der Waals surface area contributed by atoms with E-state index in [1.165, 1.54) is 12.1 Å². The first-order valence-electron chi connectivity index (χ1n) is 5.05. The number of phenols is 1. The SMILES string of the molecule is CCOC(=O)CCc1ccc(O)cc1C#N. The van der Waals surface area contributed by atoms with Crippen LogP contribution in [-0.2, 0) is 16.0 Å². The molecule has 0 unspecified atom stereocenters. The van der Waals surface area contributed by atoms with Gasteiger partial charge in [-0.05, 0) is 31.0 Å². The van der Waals surface area contributed by atoms with Gasteiger partial charge in [-0.2, -0.15) is 5.26 Å². The van der Waals surface area contributed by atoms with E-state index >= 15 is 0 Å². The number of rotatable bonds is 4. The number of ether oxygens (including phenoxy) is 1. The number of benzene rings is 1. The minimum absolute atomic E-state index is 0.0523.